The number of aromatic nitrogens is 1. The van der Waals surface area contributed by atoms with Crippen LogP contribution in [-0.4, -0.2) is 85.2 Å². The zero-order chi connectivity index (χ0) is 20.5. The Kier molecular flexibility index (Phi) is 5.18. The number of ether oxygens (including phenoxy) is 2. The van der Waals surface area contributed by atoms with Crippen LogP contribution in [0.25, 0.3) is 0 Å². The Bertz CT molecular complexity index is 916. The fourth-order valence-electron chi connectivity index (χ4n) is 4.64. The first-order chi connectivity index (χ1) is 14.7. The fourth-order valence-corrected chi connectivity index (χ4v) is 4.64. The van der Waals surface area contributed by atoms with Crippen molar-refractivity contribution in [1.29, 1.82) is 0 Å². The Labute approximate surface area is 175 Å². The lowest BCUT2D eigenvalue weighted by Crippen LogP contribution is -2.49. The van der Waals surface area contributed by atoms with Crippen LogP contribution in [0.2, 0.25) is 0 Å². The van der Waals surface area contributed by atoms with Crippen LogP contribution in [0.15, 0.2) is 42.6 Å². The van der Waals surface area contributed by atoms with E-state index in [9.17, 15) is 9.59 Å². The molecule has 2 amide bonds. The van der Waals surface area contributed by atoms with Gasteiger partial charge < -0.3 is 24.3 Å². The summed E-state index contributed by atoms with van der Waals surface area (Å²) in [6.07, 6.45) is 1.76. The molecule has 1 aromatic carbocycles. The van der Waals surface area contributed by atoms with Gasteiger partial charge in [0.1, 0.15) is 18.1 Å². The maximum absolute atomic E-state index is 13.2. The number of carbonyl (C=O) groups excluding carboxylic acids is 2. The molecule has 4 heterocycles. The normalized spacial score (nSPS) is 24.0. The van der Waals surface area contributed by atoms with Crippen molar-refractivity contribution in [3.63, 3.8) is 0 Å². The summed E-state index contributed by atoms with van der Waals surface area (Å²) in [4.78, 5) is 35.1. The summed E-state index contributed by atoms with van der Waals surface area (Å²) >= 11 is 0. The first kappa shape index (κ1) is 19.1. The van der Waals surface area contributed by atoms with Crippen LogP contribution in [0, 0.1) is 5.92 Å². The zero-order valence-corrected chi connectivity index (χ0v) is 16.8. The molecule has 30 heavy (non-hydrogen) atoms. The highest BCUT2D eigenvalue weighted by molar-refractivity contribution is 5.96. The van der Waals surface area contributed by atoms with Crippen LogP contribution in [-0.2, 0) is 9.53 Å². The second-order valence-electron chi connectivity index (χ2n) is 8.15. The fraction of sp³-hybridized carbons (Fsp3) is 0.455. The molecule has 5 rings (SSSR count). The topological polar surface area (TPSA) is 78.1 Å². The number of aromatic amines is 1. The summed E-state index contributed by atoms with van der Waals surface area (Å²) in [5.74, 6) is 0.992. The van der Waals surface area contributed by atoms with Gasteiger partial charge in [0.2, 0.25) is 5.91 Å². The van der Waals surface area contributed by atoms with E-state index in [1.165, 1.54) is 0 Å². The van der Waals surface area contributed by atoms with E-state index in [4.69, 9.17) is 9.47 Å². The Morgan fingerprint density at radius 3 is 2.83 bits per heavy atom. The van der Waals surface area contributed by atoms with E-state index in [2.05, 4.69) is 9.88 Å². The predicted molar refractivity (Wildman–Crippen MR) is 111 cm³/mol. The third-order valence-electron chi connectivity index (χ3n) is 6.02. The van der Waals surface area contributed by atoms with Gasteiger partial charge in [-0.3, -0.25) is 14.5 Å². The number of hydrogen-bond donors (Lipinski definition) is 1. The largest absolute Gasteiger partial charge is 0.490 e. The molecule has 158 valence electrons. The Morgan fingerprint density at radius 1 is 1.07 bits per heavy atom. The number of carbonyl (C=O) groups is 2. The van der Waals surface area contributed by atoms with E-state index in [1.54, 1.807) is 12.3 Å². The maximum Gasteiger partial charge on any atom is 0.270 e. The first-order valence-corrected chi connectivity index (χ1v) is 10.5. The van der Waals surface area contributed by atoms with Crippen LogP contribution in [0.5, 0.6) is 5.75 Å². The van der Waals surface area contributed by atoms with Crippen LogP contribution in [0.1, 0.15) is 10.5 Å². The minimum atomic E-state index is -0.0712. The standard InChI is InChI=1S/C22H26N4O4/c27-21(25-8-9-30-20-6-2-1-5-19(20)25)13-24-10-16-11-26(17(12-24)15-29-14-16)22(28)18-4-3-7-23-18/h1-7,16-17,23H,8-15H2/t16-,17-/m0/s1. The molecule has 0 saturated carbocycles. The number of H-pyrrole nitrogens is 1. The third-order valence-corrected chi connectivity index (χ3v) is 6.02. The average molecular weight is 410 g/mol. The summed E-state index contributed by atoms with van der Waals surface area (Å²) in [5.41, 5.74) is 1.42. The maximum atomic E-state index is 13.2. The number of benzene rings is 1. The van der Waals surface area contributed by atoms with Crippen molar-refractivity contribution in [2.24, 2.45) is 5.92 Å². The van der Waals surface area contributed by atoms with Crippen LogP contribution < -0.4 is 9.64 Å². The van der Waals surface area contributed by atoms with Crippen molar-refractivity contribution < 1.29 is 19.1 Å². The number of nitrogens with one attached hydrogen (secondary N) is 1. The van der Waals surface area contributed by atoms with E-state index in [0.717, 1.165) is 18.0 Å². The quantitative estimate of drug-likeness (QED) is 0.823. The average Bonchev–Trinajstić information content (AvgIpc) is 3.15. The van der Waals surface area contributed by atoms with E-state index >= 15 is 0 Å². The number of anilines is 1. The van der Waals surface area contributed by atoms with Gasteiger partial charge in [-0.05, 0) is 24.3 Å². The smallest absolute Gasteiger partial charge is 0.270 e. The lowest BCUT2D eigenvalue weighted by molar-refractivity contribution is -0.120. The summed E-state index contributed by atoms with van der Waals surface area (Å²) in [6, 6.07) is 11.2. The molecule has 2 aromatic rings. The molecule has 2 fully saturated rings. The Balaban J connectivity index is 1.31. The molecular formula is C22H26N4O4. The van der Waals surface area contributed by atoms with Gasteiger partial charge in [-0.2, -0.15) is 0 Å². The summed E-state index contributed by atoms with van der Waals surface area (Å²) < 4.78 is 11.5. The molecule has 0 spiro atoms. The number of amides is 2. The van der Waals surface area contributed by atoms with E-state index < -0.39 is 0 Å². The molecule has 1 N–H and O–H groups in total. The summed E-state index contributed by atoms with van der Waals surface area (Å²) in [5, 5.41) is 0. The van der Waals surface area contributed by atoms with Crippen LogP contribution >= 0.6 is 0 Å². The number of fused-ring (bicyclic) bond motifs is 4. The van der Waals surface area contributed by atoms with Crippen molar-refractivity contribution in [3.8, 4) is 5.75 Å². The zero-order valence-electron chi connectivity index (χ0n) is 16.8. The first-order valence-electron chi connectivity index (χ1n) is 10.5. The van der Waals surface area contributed by atoms with Crippen molar-refractivity contribution in [3.05, 3.63) is 48.3 Å². The van der Waals surface area contributed by atoms with Gasteiger partial charge in [0.05, 0.1) is 38.0 Å². The summed E-state index contributed by atoms with van der Waals surface area (Å²) in [7, 11) is 0. The highest BCUT2D eigenvalue weighted by atomic mass is 16.5. The molecule has 0 radical (unpaired) electrons. The van der Waals surface area contributed by atoms with Gasteiger partial charge >= 0.3 is 0 Å². The Morgan fingerprint density at radius 2 is 1.97 bits per heavy atom. The number of para-hydroxylation sites is 2. The molecule has 8 nitrogen and oxygen atoms in total. The van der Waals surface area contributed by atoms with Gasteiger partial charge in [-0.15, -0.1) is 0 Å². The van der Waals surface area contributed by atoms with Crippen molar-refractivity contribution in [1.82, 2.24) is 14.8 Å². The predicted octanol–water partition coefficient (Wildman–Crippen LogP) is 1.21. The van der Waals surface area contributed by atoms with Crippen molar-refractivity contribution in [2.75, 3.05) is 57.4 Å². The molecule has 0 unspecified atom stereocenters. The van der Waals surface area contributed by atoms with Gasteiger partial charge in [0, 0.05) is 31.7 Å². The molecule has 0 aliphatic carbocycles. The van der Waals surface area contributed by atoms with E-state index in [-0.39, 0.29) is 23.8 Å². The highest BCUT2D eigenvalue weighted by Crippen LogP contribution is 2.31. The molecule has 3 aliphatic heterocycles. The molecule has 2 atom stereocenters. The van der Waals surface area contributed by atoms with Crippen LogP contribution in [0.3, 0.4) is 0 Å². The number of rotatable bonds is 3. The molecule has 2 bridgehead atoms. The van der Waals surface area contributed by atoms with Crippen molar-refractivity contribution >= 4 is 17.5 Å². The minimum absolute atomic E-state index is 0.00390. The molecule has 2 saturated heterocycles. The minimum Gasteiger partial charge on any atom is -0.490 e. The van der Waals surface area contributed by atoms with Gasteiger partial charge in [-0.25, -0.2) is 0 Å². The van der Waals surface area contributed by atoms with E-state index in [0.29, 0.717) is 51.7 Å². The second-order valence-corrected chi connectivity index (χ2v) is 8.15. The molecular weight excluding hydrogens is 384 g/mol. The number of hydrogen-bond acceptors (Lipinski definition) is 5. The third kappa shape index (κ3) is 3.68. The van der Waals surface area contributed by atoms with Crippen LogP contribution in [0.4, 0.5) is 5.69 Å². The lowest BCUT2D eigenvalue weighted by Gasteiger charge is -2.33. The lowest BCUT2D eigenvalue weighted by atomic mass is 10.1. The van der Waals surface area contributed by atoms with Gasteiger partial charge in [-0.1, -0.05) is 12.1 Å². The molecule has 8 heteroatoms. The SMILES string of the molecule is O=C(CN1C[C@@H]2COC[C@H](C1)N(C(=O)c1ccc[nH]1)C2)N1CCOc2ccccc21. The monoisotopic (exact) mass is 410 g/mol. The second kappa shape index (κ2) is 8.12. The van der Waals surface area contributed by atoms with E-state index in [1.807, 2.05) is 40.1 Å². The highest BCUT2D eigenvalue weighted by Gasteiger charge is 2.37. The van der Waals surface area contributed by atoms with Gasteiger partial charge in [0.15, 0.2) is 0 Å². The molecule has 3 aliphatic rings. The number of nitrogens with zero attached hydrogens (tertiary/aromatic N) is 3. The van der Waals surface area contributed by atoms with Crippen molar-refractivity contribution in [2.45, 2.75) is 6.04 Å². The van der Waals surface area contributed by atoms with Gasteiger partial charge in [0.25, 0.3) is 5.91 Å². The summed E-state index contributed by atoms with van der Waals surface area (Å²) in [6.45, 7) is 4.49. The Hall–Kier alpha value is -2.84. The molecule has 1 aromatic heterocycles.